The Labute approximate surface area is 90.4 Å². The second-order valence-corrected chi connectivity index (χ2v) is 3.54. The molecule has 3 nitrogen and oxygen atoms in total. The fourth-order valence-electron chi connectivity index (χ4n) is 1.16. The number of rotatable bonds is 5. The van der Waals surface area contributed by atoms with E-state index in [9.17, 15) is 4.79 Å². The maximum Gasteiger partial charge on any atom is 0.216 e. The molecule has 1 atom stereocenters. The van der Waals surface area contributed by atoms with Gasteiger partial charge in [-0.2, -0.15) is 0 Å². The van der Waals surface area contributed by atoms with Gasteiger partial charge in [0.2, 0.25) is 5.91 Å². The summed E-state index contributed by atoms with van der Waals surface area (Å²) in [5.41, 5.74) is 1.15. The molecule has 0 aliphatic heterocycles. The van der Waals surface area contributed by atoms with Crippen LogP contribution in [0.1, 0.15) is 19.4 Å². The maximum absolute atomic E-state index is 10.7. The highest BCUT2D eigenvalue weighted by molar-refractivity contribution is 5.72. The SMILES string of the molecule is CC(=O)NCC(C)OCc1ccccc1. The Kier molecular flexibility index (Phi) is 4.84. The normalized spacial score (nSPS) is 12.1. The van der Waals surface area contributed by atoms with Crippen molar-refractivity contribution in [3.63, 3.8) is 0 Å². The second-order valence-electron chi connectivity index (χ2n) is 3.54. The van der Waals surface area contributed by atoms with Crippen LogP contribution in [0.2, 0.25) is 0 Å². The minimum Gasteiger partial charge on any atom is -0.372 e. The summed E-state index contributed by atoms with van der Waals surface area (Å²) in [4.78, 5) is 10.7. The molecule has 15 heavy (non-hydrogen) atoms. The van der Waals surface area contributed by atoms with Crippen molar-refractivity contribution in [1.29, 1.82) is 0 Å². The van der Waals surface area contributed by atoms with Gasteiger partial charge in [-0.25, -0.2) is 0 Å². The van der Waals surface area contributed by atoms with E-state index in [1.807, 2.05) is 37.3 Å². The molecule has 0 spiro atoms. The quantitative estimate of drug-likeness (QED) is 0.798. The lowest BCUT2D eigenvalue weighted by molar-refractivity contribution is -0.119. The number of amides is 1. The van der Waals surface area contributed by atoms with Crippen molar-refractivity contribution in [2.45, 2.75) is 26.6 Å². The van der Waals surface area contributed by atoms with Crippen LogP contribution in [0, 0.1) is 0 Å². The zero-order valence-electron chi connectivity index (χ0n) is 9.19. The predicted octanol–water partition coefficient (Wildman–Crippen LogP) is 1.73. The minimum absolute atomic E-state index is 0.0230. The molecule has 0 saturated carbocycles. The van der Waals surface area contributed by atoms with Crippen LogP contribution < -0.4 is 5.32 Å². The lowest BCUT2D eigenvalue weighted by Crippen LogP contribution is -2.30. The van der Waals surface area contributed by atoms with Crippen LogP contribution in [-0.2, 0) is 16.1 Å². The van der Waals surface area contributed by atoms with Gasteiger partial charge in [0.25, 0.3) is 0 Å². The first-order valence-corrected chi connectivity index (χ1v) is 5.08. The van der Waals surface area contributed by atoms with Crippen LogP contribution in [0.3, 0.4) is 0 Å². The van der Waals surface area contributed by atoms with Gasteiger partial charge >= 0.3 is 0 Å². The number of carbonyl (C=O) groups is 1. The molecular weight excluding hydrogens is 190 g/mol. The number of benzene rings is 1. The number of carbonyl (C=O) groups excluding carboxylic acids is 1. The molecule has 1 aromatic carbocycles. The van der Waals surface area contributed by atoms with Crippen LogP contribution in [-0.4, -0.2) is 18.6 Å². The predicted molar refractivity (Wildman–Crippen MR) is 59.4 cm³/mol. The molecule has 0 saturated heterocycles. The first-order valence-electron chi connectivity index (χ1n) is 5.08. The summed E-state index contributed by atoms with van der Waals surface area (Å²) in [6.07, 6.45) is 0.0362. The van der Waals surface area contributed by atoms with Gasteiger partial charge < -0.3 is 10.1 Å². The summed E-state index contributed by atoms with van der Waals surface area (Å²) in [5.74, 6) is -0.0230. The Hall–Kier alpha value is -1.35. The minimum atomic E-state index is -0.0230. The summed E-state index contributed by atoms with van der Waals surface area (Å²) < 4.78 is 5.56. The standard InChI is InChI=1S/C12H17NO2/c1-10(8-13-11(2)14)15-9-12-6-4-3-5-7-12/h3-7,10H,8-9H2,1-2H3,(H,13,14). The molecule has 1 rings (SSSR count). The van der Waals surface area contributed by atoms with Gasteiger partial charge in [0.1, 0.15) is 0 Å². The lowest BCUT2D eigenvalue weighted by Gasteiger charge is -2.13. The van der Waals surface area contributed by atoms with Gasteiger partial charge in [0.15, 0.2) is 0 Å². The highest BCUT2D eigenvalue weighted by Gasteiger charge is 2.02. The highest BCUT2D eigenvalue weighted by atomic mass is 16.5. The molecule has 1 amide bonds. The van der Waals surface area contributed by atoms with E-state index in [2.05, 4.69) is 5.32 Å². The summed E-state index contributed by atoms with van der Waals surface area (Å²) in [5, 5.41) is 2.72. The summed E-state index contributed by atoms with van der Waals surface area (Å²) in [6.45, 7) is 4.59. The topological polar surface area (TPSA) is 38.3 Å². The van der Waals surface area contributed by atoms with E-state index in [1.165, 1.54) is 6.92 Å². The molecule has 1 N–H and O–H groups in total. The zero-order valence-corrected chi connectivity index (χ0v) is 9.19. The van der Waals surface area contributed by atoms with Crippen molar-refractivity contribution in [2.24, 2.45) is 0 Å². The van der Waals surface area contributed by atoms with Crippen LogP contribution in [0.5, 0.6) is 0 Å². The van der Waals surface area contributed by atoms with Crippen molar-refractivity contribution in [3.8, 4) is 0 Å². The molecule has 82 valence electrons. The van der Waals surface area contributed by atoms with Crippen molar-refractivity contribution in [3.05, 3.63) is 35.9 Å². The average molecular weight is 207 g/mol. The van der Waals surface area contributed by atoms with E-state index in [0.29, 0.717) is 13.2 Å². The molecule has 0 radical (unpaired) electrons. The molecule has 1 unspecified atom stereocenters. The molecule has 0 heterocycles. The molecule has 0 aliphatic rings. The molecule has 0 bridgehead atoms. The summed E-state index contributed by atoms with van der Waals surface area (Å²) >= 11 is 0. The van der Waals surface area contributed by atoms with Crippen LogP contribution in [0.4, 0.5) is 0 Å². The van der Waals surface area contributed by atoms with Crippen molar-refractivity contribution >= 4 is 5.91 Å². The van der Waals surface area contributed by atoms with E-state index in [0.717, 1.165) is 5.56 Å². The zero-order chi connectivity index (χ0) is 11.1. The fraction of sp³-hybridized carbons (Fsp3) is 0.417. The second kappa shape index (κ2) is 6.19. The first-order chi connectivity index (χ1) is 7.18. The smallest absolute Gasteiger partial charge is 0.216 e. The third-order valence-electron chi connectivity index (χ3n) is 2.02. The number of ether oxygens (including phenoxy) is 1. The van der Waals surface area contributed by atoms with Gasteiger partial charge in [-0.15, -0.1) is 0 Å². The molecule has 0 aromatic heterocycles. The molecule has 0 aliphatic carbocycles. The van der Waals surface area contributed by atoms with Crippen LogP contribution in [0.25, 0.3) is 0 Å². The van der Waals surface area contributed by atoms with Gasteiger partial charge in [0, 0.05) is 13.5 Å². The Morgan fingerprint density at radius 2 is 2.07 bits per heavy atom. The van der Waals surface area contributed by atoms with Crippen LogP contribution >= 0.6 is 0 Å². The number of hydrogen-bond acceptors (Lipinski definition) is 2. The van der Waals surface area contributed by atoms with Crippen molar-refractivity contribution in [1.82, 2.24) is 5.32 Å². The highest BCUT2D eigenvalue weighted by Crippen LogP contribution is 2.02. The fourth-order valence-corrected chi connectivity index (χ4v) is 1.16. The van der Waals surface area contributed by atoms with E-state index < -0.39 is 0 Å². The third-order valence-corrected chi connectivity index (χ3v) is 2.02. The van der Waals surface area contributed by atoms with Crippen molar-refractivity contribution < 1.29 is 9.53 Å². The summed E-state index contributed by atoms with van der Waals surface area (Å²) in [6, 6.07) is 9.98. The van der Waals surface area contributed by atoms with E-state index in [1.54, 1.807) is 0 Å². The Morgan fingerprint density at radius 1 is 1.40 bits per heavy atom. The molecule has 0 fully saturated rings. The van der Waals surface area contributed by atoms with E-state index in [4.69, 9.17) is 4.74 Å². The third kappa shape index (κ3) is 5.18. The van der Waals surface area contributed by atoms with Gasteiger partial charge in [-0.1, -0.05) is 30.3 Å². The average Bonchev–Trinajstić information content (AvgIpc) is 2.25. The van der Waals surface area contributed by atoms with Gasteiger partial charge in [-0.3, -0.25) is 4.79 Å². The largest absolute Gasteiger partial charge is 0.372 e. The molecule has 3 heteroatoms. The first kappa shape index (κ1) is 11.7. The number of nitrogens with one attached hydrogen (secondary N) is 1. The Balaban J connectivity index is 2.22. The van der Waals surface area contributed by atoms with Crippen molar-refractivity contribution in [2.75, 3.05) is 6.54 Å². The van der Waals surface area contributed by atoms with Gasteiger partial charge in [0.05, 0.1) is 12.7 Å². The number of hydrogen-bond donors (Lipinski definition) is 1. The van der Waals surface area contributed by atoms with E-state index in [-0.39, 0.29) is 12.0 Å². The Bertz CT molecular complexity index is 298. The Morgan fingerprint density at radius 3 is 2.67 bits per heavy atom. The molecular formula is C12H17NO2. The van der Waals surface area contributed by atoms with E-state index >= 15 is 0 Å². The monoisotopic (exact) mass is 207 g/mol. The lowest BCUT2D eigenvalue weighted by atomic mass is 10.2. The van der Waals surface area contributed by atoms with Gasteiger partial charge in [-0.05, 0) is 12.5 Å². The molecule has 1 aromatic rings. The maximum atomic E-state index is 10.7. The summed E-state index contributed by atoms with van der Waals surface area (Å²) in [7, 11) is 0. The van der Waals surface area contributed by atoms with Crippen LogP contribution in [0.15, 0.2) is 30.3 Å².